The number of hydrogen-bond acceptors (Lipinski definition) is 5. The highest BCUT2D eigenvalue weighted by Crippen LogP contribution is 2.54. The van der Waals surface area contributed by atoms with E-state index in [1.54, 1.807) is 12.1 Å². The maximum atomic E-state index is 13.9. The van der Waals surface area contributed by atoms with Gasteiger partial charge < -0.3 is 14.3 Å². The highest BCUT2D eigenvalue weighted by atomic mass is 31.2. The molecule has 2 aromatic rings. The summed E-state index contributed by atoms with van der Waals surface area (Å²) in [5.41, 5.74) is 1.72. The Bertz CT molecular complexity index is 1160. The Labute approximate surface area is 192 Å². The van der Waals surface area contributed by atoms with Gasteiger partial charge in [-0.15, -0.1) is 0 Å². The summed E-state index contributed by atoms with van der Waals surface area (Å²) in [4.78, 5) is 40.3. The molecule has 0 N–H and O–H groups in total. The van der Waals surface area contributed by atoms with Crippen molar-refractivity contribution >= 4 is 30.3 Å². The number of Topliss-reactive ketones (excluding diaryl/α,β-unsaturated/α-hetero) is 1. The average molecular weight is 464 g/mol. The van der Waals surface area contributed by atoms with Crippen LogP contribution < -0.4 is 9.83 Å². The highest BCUT2D eigenvalue weighted by molar-refractivity contribution is 7.67. The van der Waals surface area contributed by atoms with Gasteiger partial charge in [-0.05, 0) is 29.8 Å². The molecule has 170 valence electrons. The van der Waals surface area contributed by atoms with Crippen molar-refractivity contribution in [3.05, 3.63) is 73.8 Å². The quantitative estimate of drug-likeness (QED) is 0.484. The second-order valence-corrected chi connectivity index (χ2v) is 10.5. The van der Waals surface area contributed by atoms with Crippen molar-refractivity contribution in [2.24, 2.45) is 5.92 Å². The monoisotopic (exact) mass is 464 g/mol. The number of benzene rings is 2. The Balaban J connectivity index is 1.54. The summed E-state index contributed by atoms with van der Waals surface area (Å²) in [6, 6.07) is 14.8. The molecule has 1 unspecified atom stereocenters. The average Bonchev–Trinajstić information content (AvgIpc) is 2.86. The molecule has 1 atom stereocenters. The van der Waals surface area contributed by atoms with Gasteiger partial charge in [-0.25, -0.2) is 0 Å². The maximum absolute atomic E-state index is 13.9. The van der Waals surface area contributed by atoms with E-state index in [9.17, 15) is 18.9 Å². The second kappa shape index (κ2) is 9.20. The van der Waals surface area contributed by atoms with Gasteiger partial charge in [0.05, 0.1) is 17.9 Å². The third-order valence-electron chi connectivity index (χ3n) is 6.00. The van der Waals surface area contributed by atoms with E-state index in [0.29, 0.717) is 11.1 Å². The van der Waals surface area contributed by atoms with E-state index in [-0.39, 0.29) is 49.9 Å². The van der Waals surface area contributed by atoms with E-state index in [0.717, 1.165) is 23.3 Å². The molecule has 0 saturated carbocycles. The minimum Gasteiger partial charge on any atom is -0.439 e. The number of ketones is 1. The Morgan fingerprint density at radius 2 is 1.52 bits per heavy atom. The summed E-state index contributed by atoms with van der Waals surface area (Å²) in [5.74, 6) is -0.944. The van der Waals surface area contributed by atoms with Crippen LogP contribution in [0.2, 0.25) is 0 Å². The maximum Gasteiger partial charge on any atom is 0.278 e. The molecule has 4 rings (SSSR count). The molecule has 7 nitrogen and oxygen atoms in total. The zero-order valence-corrected chi connectivity index (χ0v) is 19.1. The van der Waals surface area contributed by atoms with Gasteiger partial charge in [-0.1, -0.05) is 49.6 Å². The molecule has 1 fully saturated rings. The molecule has 33 heavy (non-hydrogen) atoms. The van der Waals surface area contributed by atoms with Crippen LogP contribution in [-0.4, -0.2) is 53.3 Å². The third kappa shape index (κ3) is 4.41. The fourth-order valence-electron chi connectivity index (χ4n) is 4.30. The molecule has 0 aliphatic carbocycles. The Hall–Kier alpha value is -3.44. The van der Waals surface area contributed by atoms with Crippen molar-refractivity contribution in [1.82, 2.24) is 9.80 Å². The van der Waals surface area contributed by atoms with Crippen LogP contribution in [-0.2, 0) is 18.9 Å². The normalized spacial score (nSPS) is 19.6. The van der Waals surface area contributed by atoms with Crippen LogP contribution in [0.5, 0.6) is 5.75 Å². The van der Waals surface area contributed by atoms with Crippen LogP contribution in [0.1, 0.15) is 6.42 Å². The molecule has 2 aliphatic heterocycles. The first kappa shape index (κ1) is 22.7. The minimum absolute atomic E-state index is 0.00465. The fraction of sp³-hybridized carbons (Fsp3) is 0.240. The number of amides is 2. The van der Waals surface area contributed by atoms with Crippen LogP contribution >= 0.6 is 7.37 Å². The molecule has 0 spiro atoms. The molecule has 2 aromatic carbocycles. The predicted molar refractivity (Wildman–Crippen MR) is 126 cm³/mol. The number of carbonyl (C=O) groups is 3. The molecule has 2 amide bonds. The van der Waals surface area contributed by atoms with Crippen LogP contribution in [0.15, 0.2) is 73.8 Å². The lowest BCUT2D eigenvalue weighted by Crippen LogP contribution is -2.54. The molecule has 2 heterocycles. The Morgan fingerprint density at radius 1 is 0.939 bits per heavy atom. The van der Waals surface area contributed by atoms with E-state index in [2.05, 4.69) is 13.2 Å². The first-order chi connectivity index (χ1) is 15.9. The van der Waals surface area contributed by atoms with Crippen LogP contribution in [0.3, 0.4) is 0 Å². The lowest BCUT2D eigenvalue weighted by Gasteiger charge is -2.39. The molecular formula is C25H25N2O5P. The summed E-state index contributed by atoms with van der Waals surface area (Å²) in [7, 11) is -3.34. The molecule has 8 heteroatoms. The minimum atomic E-state index is -3.34. The summed E-state index contributed by atoms with van der Waals surface area (Å²) in [6.07, 6.45) is 2.36. The van der Waals surface area contributed by atoms with Crippen molar-refractivity contribution in [3.63, 3.8) is 0 Å². The summed E-state index contributed by atoms with van der Waals surface area (Å²) in [6.45, 7) is 7.40. The third-order valence-corrected chi connectivity index (χ3v) is 8.43. The van der Waals surface area contributed by atoms with Crippen molar-refractivity contribution in [2.75, 3.05) is 25.9 Å². The van der Waals surface area contributed by atoms with E-state index < -0.39 is 13.3 Å². The van der Waals surface area contributed by atoms with E-state index >= 15 is 0 Å². The predicted octanol–water partition coefficient (Wildman–Crippen LogP) is 3.23. The highest BCUT2D eigenvalue weighted by Gasteiger charge is 2.38. The fourth-order valence-corrected chi connectivity index (χ4v) is 6.59. The lowest BCUT2D eigenvalue weighted by atomic mass is 9.98. The van der Waals surface area contributed by atoms with Gasteiger partial charge in [-0.3, -0.25) is 18.9 Å². The van der Waals surface area contributed by atoms with E-state index in [1.165, 1.54) is 9.80 Å². The lowest BCUT2D eigenvalue weighted by molar-refractivity contribution is -0.142. The standard InChI is InChI=1S/C25H25N2O5P/c1-3-24(29)26-15-18(16-27(17-26)25(30)4-2)21(28)13-14-33(31)23-12-8-6-10-20(23)19-9-5-7-11-22(19)32-33/h3-12,18H,1-2,13-17H2. The zero-order valence-electron chi connectivity index (χ0n) is 18.2. The van der Waals surface area contributed by atoms with Crippen molar-refractivity contribution in [1.29, 1.82) is 0 Å². The SMILES string of the molecule is C=CC(=O)N1CC(C(=O)CCP2(=O)Oc3ccccc3-c3ccccc32)CN(C(=O)C=C)C1. The number of hydrogen-bond donors (Lipinski definition) is 0. The van der Waals surface area contributed by atoms with Gasteiger partial charge in [0, 0.05) is 31.2 Å². The molecule has 1 saturated heterocycles. The van der Waals surface area contributed by atoms with Crippen molar-refractivity contribution in [2.45, 2.75) is 6.42 Å². The summed E-state index contributed by atoms with van der Waals surface area (Å²) in [5, 5.41) is 0.604. The molecule has 2 aliphatic rings. The van der Waals surface area contributed by atoms with Gasteiger partial charge >= 0.3 is 0 Å². The molecule has 0 radical (unpaired) electrons. The number of rotatable bonds is 6. The van der Waals surface area contributed by atoms with Crippen LogP contribution in [0.4, 0.5) is 0 Å². The van der Waals surface area contributed by atoms with Gasteiger partial charge in [0.25, 0.3) is 7.37 Å². The van der Waals surface area contributed by atoms with Gasteiger partial charge in [-0.2, -0.15) is 0 Å². The van der Waals surface area contributed by atoms with E-state index in [4.69, 9.17) is 4.52 Å². The van der Waals surface area contributed by atoms with Gasteiger partial charge in [0.1, 0.15) is 11.5 Å². The Kier molecular flexibility index (Phi) is 6.34. The zero-order chi connectivity index (χ0) is 23.6. The first-order valence-electron chi connectivity index (χ1n) is 10.7. The smallest absolute Gasteiger partial charge is 0.278 e. The summed E-state index contributed by atoms with van der Waals surface area (Å²) < 4.78 is 19.9. The largest absolute Gasteiger partial charge is 0.439 e. The second-order valence-electron chi connectivity index (χ2n) is 8.09. The molecule has 0 bridgehead atoms. The Morgan fingerprint density at radius 3 is 2.15 bits per heavy atom. The topological polar surface area (TPSA) is 84.0 Å². The number of para-hydroxylation sites is 1. The first-order valence-corrected chi connectivity index (χ1v) is 12.5. The number of nitrogens with zero attached hydrogens (tertiary/aromatic N) is 2. The van der Waals surface area contributed by atoms with Gasteiger partial charge in [0.15, 0.2) is 0 Å². The van der Waals surface area contributed by atoms with Crippen molar-refractivity contribution < 1.29 is 23.5 Å². The van der Waals surface area contributed by atoms with Crippen molar-refractivity contribution in [3.8, 4) is 16.9 Å². The van der Waals surface area contributed by atoms with Crippen LogP contribution in [0, 0.1) is 5.92 Å². The van der Waals surface area contributed by atoms with E-state index in [1.807, 2.05) is 36.4 Å². The summed E-state index contributed by atoms with van der Waals surface area (Å²) >= 11 is 0. The molecule has 0 aromatic heterocycles. The number of fused-ring (bicyclic) bond motifs is 3. The van der Waals surface area contributed by atoms with Crippen LogP contribution in [0.25, 0.3) is 11.1 Å². The number of carbonyl (C=O) groups excluding carboxylic acids is 3. The van der Waals surface area contributed by atoms with Gasteiger partial charge in [0.2, 0.25) is 11.8 Å². The molecular weight excluding hydrogens is 439 g/mol.